The van der Waals surface area contributed by atoms with Gasteiger partial charge in [0.15, 0.2) is 9.84 Å². The van der Waals surface area contributed by atoms with Crippen LogP contribution in [0.1, 0.15) is 25.5 Å². The first-order valence-electron chi connectivity index (χ1n) is 11.1. The maximum atomic E-state index is 13.3. The van der Waals surface area contributed by atoms with Crippen molar-refractivity contribution >= 4 is 27.1 Å². The quantitative estimate of drug-likeness (QED) is 0.744. The summed E-state index contributed by atoms with van der Waals surface area (Å²) in [7, 11) is -3.03. The molecule has 1 amide bonds. The number of carbonyl (C=O) groups excluding carboxylic acids is 1. The van der Waals surface area contributed by atoms with E-state index < -0.39 is 15.9 Å². The van der Waals surface area contributed by atoms with Crippen LogP contribution in [-0.4, -0.2) is 69.1 Å². The minimum Gasteiger partial charge on any atom is -0.372 e. The number of ether oxygens (including phenoxy) is 1. The highest BCUT2D eigenvalue weighted by Crippen LogP contribution is 2.26. The number of nitrogens with zero attached hydrogens (tertiary/aromatic N) is 2. The molecular weight excluding hydrogens is 426 g/mol. The van der Waals surface area contributed by atoms with Gasteiger partial charge in [0.2, 0.25) is 5.91 Å². The van der Waals surface area contributed by atoms with E-state index in [0.29, 0.717) is 13.1 Å². The molecule has 2 saturated heterocycles. The van der Waals surface area contributed by atoms with E-state index in [1.54, 1.807) is 0 Å². The maximum absolute atomic E-state index is 13.3. The van der Waals surface area contributed by atoms with Crippen LogP contribution in [0.4, 0.5) is 11.4 Å². The Morgan fingerprint density at radius 2 is 1.56 bits per heavy atom. The number of sulfone groups is 1. The molecule has 2 aliphatic heterocycles. The van der Waals surface area contributed by atoms with Crippen LogP contribution in [0.5, 0.6) is 0 Å². The average molecular weight is 458 g/mol. The third-order valence-corrected chi connectivity index (χ3v) is 7.64. The first-order chi connectivity index (χ1) is 15.3. The van der Waals surface area contributed by atoms with Gasteiger partial charge in [0, 0.05) is 37.6 Å². The van der Waals surface area contributed by atoms with Crippen molar-refractivity contribution in [2.45, 2.75) is 32.1 Å². The lowest BCUT2D eigenvalue weighted by Gasteiger charge is -2.37. The monoisotopic (exact) mass is 457 g/mol. The molecule has 2 heterocycles. The fraction of sp³-hybridized carbons (Fsp3) is 0.458. The third kappa shape index (κ3) is 5.49. The topological polar surface area (TPSA) is 79.0 Å². The second-order valence-electron chi connectivity index (χ2n) is 8.70. The van der Waals surface area contributed by atoms with Gasteiger partial charge in [-0.2, -0.15) is 0 Å². The molecule has 0 bridgehead atoms. The zero-order valence-corrected chi connectivity index (χ0v) is 19.4. The van der Waals surface area contributed by atoms with E-state index in [1.807, 2.05) is 59.5 Å². The first-order valence-corrected chi connectivity index (χ1v) is 12.9. The molecule has 4 rings (SSSR count). The van der Waals surface area contributed by atoms with Gasteiger partial charge in [0.1, 0.15) is 6.04 Å². The Balaban J connectivity index is 1.48. The Morgan fingerprint density at radius 1 is 0.969 bits per heavy atom. The number of carbonyl (C=O) groups is 1. The van der Waals surface area contributed by atoms with Gasteiger partial charge in [-0.1, -0.05) is 30.3 Å². The number of hydrogen-bond donors (Lipinski definition) is 1. The van der Waals surface area contributed by atoms with E-state index in [4.69, 9.17) is 4.74 Å². The van der Waals surface area contributed by atoms with Crippen LogP contribution in [0.15, 0.2) is 54.6 Å². The minimum atomic E-state index is -3.03. The number of benzene rings is 2. The van der Waals surface area contributed by atoms with Gasteiger partial charge in [-0.05, 0) is 43.7 Å². The van der Waals surface area contributed by atoms with Crippen molar-refractivity contribution in [3.63, 3.8) is 0 Å². The molecule has 3 unspecified atom stereocenters. The maximum Gasteiger partial charge on any atom is 0.246 e. The second kappa shape index (κ2) is 9.60. The molecule has 2 aliphatic rings. The molecule has 8 heteroatoms. The van der Waals surface area contributed by atoms with Crippen molar-refractivity contribution in [2.24, 2.45) is 0 Å². The number of morpholine rings is 1. The Labute approximate surface area is 190 Å². The largest absolute Gasteiger partial charge is 0.372 e. The standard InChI is InChI=1S/C24H31N3O4S/c1-18-16-27(17-19(2)31-18)22-10-8-21(9-11-22)25-24(28)23(20-6-4-3-5-7-20)26-12-14-32(29,30)15-13-26/h3-11,18-19,23H,12-17H2,1-2H3,(H,25,28). The van der Waals surface area contributed by atoms with Crippen molar-refractivity contribution in [2.75, 3.05) is 47.9 Å². The van der Waals surface area contributed by atoms with E-state index in [2.05, 4.69) is 24.1 Å². The molecule has 1 N–H and O–H groups in total. The molecule has 0 aromatic heterocycles. The Bertz CT molecular complexity index is 1000. The van der Waals surface area contributed by atoms with E-state index in [0.717, 1.165) is 30.0 Å². The van der Waals surface area contributed by atoms with Gasteiger partial charge in [0.25, 0.3) is 0 Å². The highest BCUT2D eigenvalue weighted by Gasteiger charge is 2.32. The summed E-state index contributed by atoms with van der Waals surface area (Å²) in [6.07, 6.45) is 0.358. The summed E-state index contributed by atoms with van der Waals surface area (Å²) in [6, 6.07) is 16.9. The summed E-state index contributed by atoms with van der Waals surface area (Å²) in [5.74, 6) is 0.000480. The van der Waals surface area contributed by atoms with Crippen LogP contribution in [-0.2, 0) is 19.4 Å². The normalized spacial score (nSPS) is 24.6. The number of hydrogen-bond acceptors (Lipinski definition) is 6. The molecule has 0 spiro atoms. The third-order valence-electron chi connectivity index (χ3n) is 6.03. The average Bonchev–Trinajstić information content (AvgIpc) is 2.76. The summed E-state index contributed by atoms with van der Waals surface area (Å²) in [4.78, 5) is 17.6. The van der Waals surface area contributed by atoms with E-state index in [-0.39, 0.29) is 29.6 Å². The highest BCUT2D eigenvalue weighted by molar-refractivity contribution is 7.91. The van der Waals surface area contributed by atoms with Crippen molar-refractivity contribution in [3.8, 4) is 0 Å². The number of rotatable bonds is 5. The predicted molar refractivity (Wildman–Crippen MR) is 127 cm³/mol. The summed E-state index contributed by atoms with van der Waals surface area (Å²) < 4.78 is 29.6. The van der Waals surface area contributed by atoms with Gasteiger partial charge in [-0.15, -0.1) is 0 Å². The van der Waals surface area contributed by atoms with Gasteiger partial charge in [0.05, 0.1) is 23.7 Å². The van der Waals surface area contributed by atoms with Gasteiger partial charge in [-0.3, -0.25) is 9.69 Å². The SMILES string of the molecule is CC1CN(c2ccc(NC(=O)C(c3ccccc3)N3CCS(=O)(=O)CC3)cc2)CC(C)O1. The van der Waals surface area contributed by atoms with Crippen molar-refractivity contribution in [3.05, 3.63) is 60.2 Å². The lowest BCUT2D eigenvalue weighted by Crippen LogP contribution is -2.46. The van der Waals surface area contributed by atoms with E-state index in [9.17, 15) is 13.2 Å². The molecule has 7 nitrogen and oxygen atoms in total. The number of anilines is 2. The first kappa shape index (κ1) is 22.8. The number of nitrogens with one attached hydrogen (secondary N) is 1. The molecule has 2 aromatic carbocycles. The zero-order chi connectivity index (χ0) is 22.7. The molecule has 2 fully saturated rings. The molecule has 0 saturated carbocycles. The zero-order valence-electron chi connectivity index (χ0n) is 18.6. The Morgan fingerprint density at radius 3 is 2.16 bits per heavy atom. The van der Waals surface area contributed by atoms with E-state index >= 15 is 0 Å². The van der Waals surface area contributed by atoms with Crippen LogP contribution in [0.25, 0.3) is 0 Å². The minimum absolute atomic E-state index is 0.0781. The molecule has 0 aliphatic carbocycles. The lowest BCUT2D eigenvalue weighted by atomic mass is 10.0. The predicted octanol–water partition coefficient (Wildman–Crippen LogP) is 2.71. The Kier molecular flexibility index (Phi) is 6.83. The molecule has 32 heavy (non-hydrogen) atoms. The van der Waals surface area contributed by atoms with Crippen LogP contribution >= 0.6 is 0 Å². The van der Waals surface area contributed by atoms with Crippen molar-refractivity contribution < 1.29 is 17.9 Å². The lowest BCUT2D eigenvalue weighted by molar-refractivity contribution is -0.121. The van der Waals surface area contributed by atoms with Gasteiger partial charge >= 0.3 is 0 Å². The van der Waals surface area contributed by atoms with Crippen LogP contribution in [0.2, 0.25) is 0 Å². The van der Waals surface area contributed by atoms with Crippen LogP contribution in [0, 0.1) is 0 Å². The van der Waals surface area contributed by atoms with Crippen molar-refractivity contribution in [1.82, 2.24) is 4.90 Å². The van der Waals surface area contributed by atoms with Gasteiger partial charge < -0.3 is 15.0 Å². The summed E-state index contributed by atoms with van der Waals surface area (Å²) in [5.41, 5.74) is 2.68. The summed E-state index contributed by atoms with van der Waals surface area (Å²) >= 11 is 0. The summed E-state index contributed by atoms with van der Waals surface area (Å²) in [6.45, 7) is 6.52. The smallest absolute Gasteiger partial charge is 0.246 e. The fourth-order valence-corrected chi connectivity index (χ4v) is 5.73. The molecule has 2 aromatic rings. The molecule has 3 atom stereocenters. The second-order valence-corrected chi connectivity index (χ2v) is 11.0. The highest BCUT2D eigenvalue weighted by atomic mass is 32.2. The fourth-order valence-electron chi connectivity index (χ4n) is 4.50. The van der Waals surface area contributed by atoms with E-state index in [1.165, 1.54) is 0 Å². The van der Waals surface area contributed by atoms with Crippen molar-refractivity contribution in [1.29, 1.82) is 0 Å². The van der Waals surface area contributed by atoms with Gasteiger partial charge in [-0.25, -0.2) is 8.42 Å². The number of amides is 1. The van der Waals surface area contributed by atoms with Crippen LogP contribution < -0.4 is 10.2 Å². The Hall–Kier alpha value is -2.42. The summed E-state index contributed by atoms with van der Waals surface area (Å²) in [5, 5.41) is 3.03. The molecular formula is C24H31N3O4S. The molecule has 172 valence electrons. The molecule has 0 radical (unpaired) electrons. The van der Waals surface area contributed by atoms with Crippen LogP contribution in [0.3, 0.4) is 0 Å².